The molecule has 2 N–H and O–H groups in total. The summed E-state index contributed by atoms with van der Waals surface area (Å²) in [4.78, 5) is 2.32. The maximum Gasteiger partial charge on any atom is 0.0470 e. The number of rotatable bonds is 5. The highest BCUT2D eigenvalue weighted by atomic mass is 35.5. The minimum Gasteiger partial charge on any atom is -0.329 e. The van der Waals surface area contributed by atoms with Crippen LogP contribution in [-0.4, -0.2) is 24.5 Å². The molecule has 1 aromatic rings. The van der Waals surface area contributed by atoms with Gasteiger partial charge in [-0.2, -0.15) is 0 Å². The fourth-order valence-corrected chi connectivity index (χ4v) is 2.14. The zero-order valence-electron chi connectivity index (χ0n) is 11.2. The van der Waals surface area contributed by atoms with E-state index in [4.69, 9.17) is 17.3 Å². The average molecular weight is 255 g/mol. The Morgan fingerprint density at radius 3 is 2.53 bits per heavy atom. The van der Waals surface area contributed by atoms with Gasteiger partial charge >= 0.3 is 0 Å². The highest BCUT2D eigenvalue weighted by Crippen LogP contribution is 2.25. The lowest BCUT2D eigenvalue weighted by molar-refractivity contribution is 0.184. The monoisotopic (exact) mass is 254 g/mol. The lowest BCUT2D eigenvalue weighted by Gasteiger charge is -2.32. The van der Waals surface area contributed by atoms with Crippen molar-refractivity contribution in [3.05, 3.63) is 34.3 Å². The van der Waals surface area contributed by atoms with Crippen molar-refractivity contribution in [3.63, 3.8) is 0 Å². The number of hydrogen-bond acceptors (Lipinski definition) is 2. The summed E-state index contributed by atoms with van der Waals surface area (Å²) in [5.41, 5.74) is 8.21. The third-order valence-electron chi connectivity index (χ3n) is 3.58. The number of benzene rings is 1. The molecule has 1 rings (SSSR count). The molecule has 0 aromatic heterocycles. The highest BCUT2D eigenvalue weighted by molar-refractivity contribution is 6.31. The van der Waals surface area contributed by atoms with Gasteiger partial charge in [-0.25, -0.2) is 0 Å². The predicted molar refractivity (Wildman–Crippen MR) is 75.5 cm³/mol. The molecule has 0 saturated heterocycles. The van der Waals surface area contributed by atoms with Crippen molar-refractivity contribution in [2.45, 2.75) is 39.3 Å². The van der Waals surface area contributed by atoms with E-state index in [1.54, 1.807) is 0 Å². The molecule has 2 nitrogen and oxygen atoms in total. The van der Waals surface area contributed by atoms with E-state index in [-0.39, 0.29) is 6.04 Å². The molecule has 0 bridgehead atoms. The largest absolute Gasteiger partial charge is 0.329 e. The first-order valence-electron chi connectivity index (χ1n) is 6.19. The summed E-state index contributed by atoms with van der Waals surface area (Å²) in [6.07, 6.45) is 1.12. The van der Waals surface area contributed by atoms with Gasteiger partial charge in [-0.15, -0.1) is 0 Å². The number of halogens is 1. The number of hydrogen-bond donors (Lipinski definition) is 1. The van der Waals surface area contributed by atoms with Gasteiger partial charge in [-0.1, -0.05) is 30.7 Å². The second kappa shape index (κ2) is 6.39. The van der Waals surface area contributed by atoms with Crippen molar-refractivity contribution in [2.24, 2.45) is 5.73 Å². The normalized spacial score (nSPS) is 15.0. The molecule has 0 aliphatic heterocycles. The van der Waals surface area contributed by atoms with Gasteiger partial charge in [0.1, 0.15) is 0 Å². The minimum atomic E-state index is 0.239. The van der Waals surface area contributed by atoms with Crippen LogP contribution in [0.4, 0.5) is 0 Å². The van der Waals surface area contributed by atoms with Crippen LogP contribution in [-0.2, 0) is 0 Å². The molecular weight excluding hydrogens is 232 g/mol. The van der Waals surface area contributed by atoms with Crippen molar-refractivity contribution in [3.8, 4) is 0 Å². The summed E-state index contributed by atoms with van der Waals surface area (Å²) in [6, 6.07) is 6.97. The minimum absolute atomic E-state index is 0.239. The Balaban J connectivity index is 2.97. The van der Waals surface area contributed by atoms with Crippen LogP contribution < -0.4 is 5.73 Å². The summed E-state index contributed by atoms with van der Waals surface area (Å²) in [7, 11) is 2.12. The smallest absolute Gasteiger partial charge is 0.0470 e. The lowest BCUT2D eigenvalue weighted by Crippen LogP contribution is -2.36. The molecule has 0 spiro atoms. The first kappa shape index (κ1) is 14.5. The third-order valence-corrected chi connectivity index (χ3v) is 3.99. The van der Waals surface area contributed by atoms with E-state index in [2.05, 4.69) is 37.9 Å². The lowest BCUT2D eigenvalue weighted by atomic mass is 10.0. The molecule has 0 amide bonds. The van der Waals surface area contributed by atoms with Crippen LogP contribution >= 0.6 is 11.6 Å². The molecule has 17 heavy (non-hydrogen) atoms. The molecule has 0 aliphatic carbocycles. The Hall–Kier alpha value is -0.570. The maximum absolute atomic E-state index is 6.17. The van der Waals surface area contributed by atoms with Crippen molar-refractivity contribution in [2.75, 3.05) is 13.6 Å². The van der Waals surface area contributed by atoms with Crippen LogP contribution in [0.25, 0.3) is 0 Å². The molecule has 1 aromatic carbocycles. The van der Waals surface area contributed by atoms with E-state index in [9.17, 15) is 0 Å². The van der Waals surface area contributed by atoms with Crippen LogP contribution in [0.15, 0.2) is 18.2 Å². The SMILES string of the molecule is CCC(C)N(C)C(CN)c1ccc(C)c(Cl)c1. The van der Waals surface area contributed by atoms with Gasteiger partial charge in [-0.05, 0) is 44.5 Å². The van der Waals surface area contributed by atoms with Crippen LogP contribution in [0.1, 0.15) is 37.4 Å². The number of nitrogens with zero attached hydrogens (tertiary/aromatic N) is 1. The van der Waals surface area contributed by atoms with E-state index in [0.29, 0.717) is 12.6 Å². The molecule has 2 unspecified atom stereocenters. The summed E-state index contributed by atoms with van der Waals surface area (Å²) >= 11 is 6.17. The number of likely N-dealkylation sites (N-methyl/N-ethyl adjacent to an activating group) is 1. The second-order valence-electron chi connectivity index (χ2n) is 4.68. The van der Waals surface area contributed by atoms with E-state index >= 15 is 0 Å². The molecule has 96 valence electrons. The molecule has 0 radical (unpaired) electrons. The molecule has 0 fully saturated rings. The molecule has 0 heterocycles. The molecule has 0 aliphatic rings. The van der Waals surface area contributed by atoms with E-state index < -0.39 is 0 Å². The summed E-state index contributed by atoms with van der Waals surface area (Å²) < 4.78 is 0. The zero-order valence-corrected chi connectivity index (χ0v) is 12.0. The van der Waals surface area contributed by atoms with Crippen LogP contribution in [0.5, 0.6) is 0 Å². The summed E-state index contributed by atoms with van der Waals surface area (Å²) in [5.74, 6) is 0. The van der Waals surface area contributed by atoms with Crippen LogP contribution in [0.2, 0.25) is 5.02 Å². The number of nitrogens with two attached hydrogens (primary N) is 1. The quantitative estimate of drug-likeness (QED) is 0.873. The first-order valence-corrected chi connectivity index (χ1v) is 6.57. The topological polar surface area (TPSA) is 29.3 Å². The Morgan fingerprint density at radius 2 is 2.06 bits per heavy atom. The summed E-state index contributed by atoms with van der Waals surface area (Å²) in [6.45, 7) is 7.04. The first-order chi connectivity index (χ1) is 8.01. The van der Waals surface area contributed by atoms with Crippen LogP contribution in [0, 0.1) is 6.92 Å². The van der Waals surface area contributed by atoms with Gasteiger partial charge in [0.2, 0.25) is 0 Å². The third kappa shape index (κ3) is 3.44. The molecule has 2 atom stereocenters. The van der Waals surface area contributed by atoms with E-state index in [0.717, 1.165) is 17.0 Å². The van der Waals surface area contributed by atoms with E-state index in [1.165, 1.54) is 5.56 Å². The molecule has 3 heteroatoms. The average Bonchev–Trinajstić information content (AvgIpc) is 2.33. The Labute approximate surface area is 110 Å². The maximum atomic E-state index is 6.17. The van der Waals surface area contributed by atoms with Gasteiger partial charge in [-0.3, -0.25) is 4.90 Å². The van der Waals surface area contributed by atoms with E-state index in [1.807, 2.05) is 13.0 Å². The van der Waals surface area contributed by atoms with Crippen molar-refractivity contribution in [1.82, 2.24) is 4.90 Å². The fourth-order valence-electron chi connectivity index (χ4n) is 1.95. The van der Waals surface area contributed by atoms with Gasteiger partial charge in [0, 0.05) is 23.7 Å². The fraction of sp³-hybridized carbons (Fsp3) is 0.571. The van der Waals surface area contributed by atoms with Gasteiger partial charge < -0.3 is 5.73 Å². The van der Waals surface area contributed by atoms with Crippen LogP contribution in [0.3, 0.4) is 0 Å². The number of aryl methyl sites for hydroxylation is 1. The molecule has 0 saturated carbocycles. The Morgan fingerprint density at radius 1 is 1.41 bits per heavy atom. The highest BCUT2D eigenvalue weighted by Gasteiger charge is 2.19. The standard InChI is InChI=1S/C14H23ClN2/c1-5-11(3)17(4)14(9-16)12-7-6-10(2)13(15)8-12/h6-8,11,14H,5,9,16H2,1-4H3. The Bertz CT molecular complexity index is 365. The van der Waals surface area contributed by atoms with Gasteiger partial charge in [0.05, 0.1) is 0 Å². The van der Waals surface area contributed by atoms with Gasteiger partial charge in [0.25, 0.3) is 0 Å². The van der Waals surface area contributed by atoms with Crippen molar-refractivity contribution in [1.29, 1.82) is 0 Å². The summed E-state index contributed by atoms with van der Waals surface area (Å²) in [5, 5.41) is 0.818. The van der Waals surface area contributed by atoms with Gasteiger partial charge in [0.15, 0.2) is 0 Å². The Kier molecular flexibility index (Phi) is 5.44. The van der Waals surface area contributed by atoms with Crippen molar-refractivity contribution >= 4 is 11.6 Å². The zero-order chi connectivity index (χ0) is 13.0. The predicted octanol–water partition coefficient (Wildman–Crippen LogP) is 3.38. The van der Waals surface area contributed by atoms with Crippen molar-refractivity contribution < 1.29 is 0 Å². The second-order valence-corrected chi connectivity index (χ2v) is 5.09. The molecular formula is C14H23ClN2.